The van der Waals surface area contributed by atoms with Crippen molar-refractivity contribution in [1.29, 1.82) is 0 Å². The lowest BCUT2D eigenvalue weighted by Crippen LogP contribution is -1.97. The summed E-state index contributed by atoms with van der Waals surface area (Å²) >= 11 is 0. The van der Waals surface area contributed by atoms with Crippen LogP contribution in [0.1, 0.15) is 13.8 Å². The van der Waals surface area contributed by atoms with Gasteiger partial charge >= 0.3 is 14.2 Å². The van der Waals surface area contributed by atoms with Crippen LogP contribution in [0.15, 0.2) is 12.2 Å². The maximum absolute atomic E-state index is 10.6. The maximum Gasteiger partial charge on any atom is 0.738 e. The molecule has 0 heterocycles. The minimum Gasteiger partial charge on any atom is -0.247 e. The summed E-state index contributed by atoms with van der Waals surface area (Å²) in [5.41, 5.74) is 0. The van der Waals surface area contributed by atoms with Gasteiger partial charge in [-0.25, -0.2) is 9.68 Å². The lowest BCUT2D eigenvalue weighted by atomic mass is 10.5. The van der Waals surface area contributed by atoms with Crippen LogP contribution in [0.5, 0.6) is 0 Å². The lowest BCUT2D eigenvalue weighted by molar-refractivity contribution is -0.208. The lowest BCUT2D eigenvalue weighted by Gasteiger charge is -1.86. The molecule has 1 unspecified atom stereocenters. The van der Waals surface area contributed by atoms with Crippen molar-refractivity contribution in [3.63, 3.8) is 0 Å². The van der Waals surface area contributed by atoms with Crippen LogP contribution in [0, 0.1) is 0 Å². The summed E-state index contributed by atoms with van der Waals surface area (Å²) in [6.45, 7) is 3.52. The van der Waals surface area contributed by atoms with E-state index >= 15 is 0 Å². The zero-order chi connectivity index (χ0) is 9.40. The zero-order valence-corrected chi connectivity index (χ0v) is 7.74. The Hall–Kier alpha value is -0.770. The standard InChI is InChI=1S/C6H10O5P/c1-3-5-6(7)10-11-12(8)9-4-2/h3,5H,4H2,1-2H3/q+1. The number of rotatable bonds is 5. The molecule has 0 aliphatic heterocycles. The van der Waals surface area contributed by atoms with Gasteiger partial charge in [0.05, 0.1) is 0 Å². The Morgan fingerprint density at radius 2 is 2.25 bits per heavy atom. The van der Waals surface area contributed by atoms with Crippen LogP contribution in [-0.4, -0.2) is 12.6 Å². The third-order valence-electron chi connectivity index (χ3n) is 0.718. The van der Waals surface area contributed by atoms with Gasteiger partial charge in [-0.15, -0.1) is 4.52 Å². The van der Waals surface area contributed by atoms with E-state index in [1.165, 1.54) is 6.08 Å². The van der Waals surface area contributed by atoms with Gasteiger partial charge < -0.3 is 0 Å². The molecule has 0 fully saturated rings. The molecule has 0 saturated heterocycles. The minimum absolute atomic E-state index is 0.233. The first-order valence-electron chi connectivity index (χ1n) is 3.32. The van der Waals surface area contributed by atoms with Gasteiger partial charge in [-0.1, -0.05) is 6.08 Å². The molecule has 0 aromatic heterocycles. The van der Waals surface area contributed by atoms with Crippen molar-refractivity contribution in [2.24, 2.45) is 0 Å². The highest BCUT2D eigenvalue weighted by molar-refractivity contribution is 7.33. The molecular formula is C6H10O5P+. The van der Waals surface area contributed by atoms with Crippen molar-refractivity contribution in [3.8, 4) is 0 Å². The average molecular weight is 193 g/mol. The van der Waals surface area contributed by atoms with Crippen molar-refractivity contribution in [2.45, 2.75) is 13.8 Å². The Labute approximate surface area is 71.2 Å². The summed E-state index contributed by atoms with van der Waals surface area (Å²) in [5, 5.41) is 0. The third-order valence-corrected chi connectivity index (χ3v) is 1.38. The molecule has 0 N–H and O–H groups in total. The molecule has 12 heavy (non-hydrogen) atoms. The van der Waals surface area contributed by atoms with Gasteiger partial charge in [0.25, 0.3) is 0 Å². The number of hydrogen-bond donors (Lipinski definition) is 0. The summed E-state index contributed by atoms with van der Waals surface area (Å²) in [6.07, 6.45) is 2.61. The summed E-state index contributed by atoms with van der Waals surface area (Å²) < 4.78 is 19.1. The highest BCUT2D eigenvalue weighted by Gasteiger charge is 2.22. The van der Waals surface area contributed by atoms with E-state index < -0.39 is 14.2 Å². The van der Waals surface area contributed by atoms with E-state index in [4.69, 9.17) is 0 Å². The Kier molecular flexibility index (Phi) is 6.47. The van der Waals surface area contributed by atoms with E-state index in [2.05, 4.69) is 14.1 Å². The van der Waals surface area contributed by atoms with Crippen molar-refractivity contribution in [2.75, 3.05) is 6.61 Å². The number of allylic oxidation sites excluding steroid dienone is 1. The average Bonchev–Trinajstić information content (AvgIpc) is 2.02. The van der Waals surface area contributed by atoms with Gasteiger partial charge in [-0.2, -0.15) is 0 Å². The highest BCUT2D eigenvalue weighted by Crippen LogP contribution is 2.23. The largest absolute Gasteiger partial charge is 0.738 e. The van der Waals surface area contributed by atoms with Crippen LogP contribution in [0.3, 0.4) is 0 Å². The quantitative estimate of drug-likeness (QED) is 0.288. The molecule has 0 amide bonds. The summed E-state index contributed by atoms with van der Waals surface area (Å²) in [5.74, 6) is -0.722. The monoisotopic (exact) mass is 193 g/mol. The summed E-state index contributed by atoms with van der Waals surface area (Å²) in [6, 6.07) is 0. The minimum atomic E-state index is -2.35. The number of hydrogen-bond acceptors (Lipinski definition) is 5. The molecule has 0 bridgehead atoms. The molecule has 68 valence electrons. The van der Waals surface area contributed by atoms with E-state index in [-0.39, 0.29) is 6.61 Å². The van der Waals surface area contributed by atoms with E-state index in [1.54, 1.807) is 13.8 Å². The number of carbonyl (C=O) groups excluding carboxylic acids is 1. The molecular weight excluding hydrogens is 183 g/mol. The normalized spacial score (nSPS) is 11.7. The molecule has 1 atom stereocenters. The van der Waals surface area contributed by atoms with Crippen LogP contribution >= 0.6 is 8.25 Å². The Balaban J connectivity index is 3.54. The Morgan fingerprint density at radius 3 is 2.75 bits per heavy atom. The fourth-order valence-electron chi connectivity index (χ4n) is 0.358. The molecule has 5 nitrogen and oxygen atoms in total. The predicted molar refractivity (Wildman–Crippen MR) is 41.2 cm³/mol. The van der Waals surface area contributed by atoms with Crippen molar-refractivity contribution in [1.82, 2.24) is 0 Å². The zero-order valence-electron chi connectivity index (χ0n) is 6.85. The molecule has 0 saturated carbocycles. The van der Waals surface area contributed by atoms with E-state index in [1.807, 2.05) is 0 Å². The molecule has 0 aromatic carbocycles. The van der Waals surface area contributed by atoms with Gasteiger partial charge in [0.1, 0.15) is 11.3 Å². The highest BCUT2D eigenvalue weighted by atomic mass is 31.1. The van der Waals surface area contributed by atoms with Crippen molar-refractivity contribution in [3.05, 3.63) is 12.2 Å². The smallest absolute Gasteiger partial charge is 0.247 e. The van der Waals surface area contributed by atoms with Gasteiger partial charge in [0.15, 0.2) is 0 Å². The Bertz CT molecular complexity index is 188. The molecule has 6 heteroatoms. The maximum atomic E-state index is 10.6. The third kappa shape index (κ3) is 5.97. The SMILES string of the molecule is CC=CC(=O)OO[P+](=O)OCC. The first-order valence-corrected chi connectivity index (χ1v) is 4.41. The molecule has 0 radical (unpaired) electrons. The molecule has 0 aliphatic carbocycles. The first kappa shape index (κ1) is 11.2. The van der Waals surface area contributed by atoms with Crippen LogP contribution < -0.4 is 0 Å². The fourth-order valence-corrected chi connectivity index (χ4v) is 0.746. The Morgan fingerprint density at radius 1 is 1.58 bits per heavy atom. The van der Waals surface area contributed by atoms with Gasteiger partial charge in [-0.05, 0) is 13.8 Å². The molecule has 0 aromatic rings. The fraction of sp³-hybridized carbons (Fsp3) is 0.500. The van der Waals surface area contributed by atoms with Crippen LogP contribution in [-0.2, 0) is 23.4 Å². The molecule has 0 aliphatic rings. The van der Waals surface area contributed by atoms with Gasteiger partial charge in [0, 0.05) is 10.6 Å². The first-order chi connectivity index (χ1) is 5.70. The van der Waals surface area contributed by atoms with Crippen LogP contribution in [0.2, 0.25) is 0 Å². The van der Waals surface area contributed by atoms with Gasteiger partial charge in [-0.3, -0.25) is 0 Å². The van der Waals surface area contributed by atoms with Gasteiger partial charge in [0.2, 0.25) is 0 Å². The van der Waals surface area contributed by atoms with E-state index in [0.717, 1.165) is 6.08 Å². The van der Waals surface area contributed by atoms with E-state index in [0.29, 0.717) is 0 Å². The van der Waals surface area contributed by atoms with E-state index in [9.17, 15) is 9.36 Å². The second-order valence-corrected chi connectivity index (χ2v) is 2.47. The summed E-state index contributed by atoms with van der Waals surface area (Å²) in [4.78, 5) is 14.6. The number of carbonyl (C=O) groups is 1. The molecule has 0 rings (SSSR count). The van der Waals surface area contributed by atoms with Crippen LogP contribution in [0.25, 0.3) is 0 Å². The second kappa shape index (κ2) is 6.91. The van der Waals surface area contributed by atoms with Crippen molar-refractivity contribution >= 4 is 14.2 Å². The second-order valence-electron chi connectivity index (χ2n) is 1.62. The van der Waals surface area contributed by atoms with Crippen molar-refractivity contribution < 1.29 is 23.4 Å². The molecule has 0 spiro atoms. The predicted octanol–water partition coefficient (Wildman–Crippen LogP) is 1.73. The topological polar surface area (TPSA) is 61.8 Å². The van der Waals surface area contributed by atoms with Crippen LogP contribution in [0.4, 0.5) is 0 Å². The summed E-state index contributed by atoms with van der Waals surface area (Å²) in [7, 11) is -2.35.